The second-order valence-electron chi connectivity index (χ2n) is 8.29. The molecule has 0 aliphatic carbocycles. The molecule has 160 valence electrons. The van der Waals surface area contributed by atoms with Gasteiger partial charge in [0, 0.05) is 16.6 Å². The maximum Gasteiger partial charge on any atom is 0.291 e. The third-order valence-electron chi connectivity index (χ3n) is 4.46. The molecule has 3 N–H and O–H groups in total. The van der Waals surface area contributed by atoms with E-state index in [0.717, 1.165) is 11.3 Å². The summed E-state index contributed by atoms with van der Waals surface area (Å²) in [7, 11) is -4.12. The number of carbonyl (C=O) groups excluding carboxylic acids is 1. The number of carbonyl (C=O) groups is 1. The topological polar surface area (TPSA) is 102 Å². The van der Waals surface area contributed by atoms with Crippen LogP contribution in [-0.2, 0) is 26.8 Å². The SMILES string of the molecule is CC(C)c1cc(F)cc(C(C)C)c1CC(=O)NS(=O)(=O)c1ncc(C(C)(C)N)s1. The Bertz CT molecular complexity index is 977. The fourth-order valence-corrected chi connectivity index (χ4v) is 5.13. The van der Waals surface area contributed by atoms with Crippen LogP contribution in [0, 0.1) is 5.82 Å². The molecule has 1 heterocycles. The standard InChI is InChI=1S/C20H28FN3O3S2/c1-11(2)14-7-13(21)8-15(12(3)4)16(14)9-18(25)24-29(26,27)19-23-10-17(28-19)20(5,6)22/h7-8,10-12H,9,22H2,1-6H3,(H,24,25). The highest BCUT2D eigenvalue weighted by Gasteiger charge is 2.27. The van der Waals surface area contributed by atoms with E-state index in [-0.39, 0.29) is 28.4 Å². The summed E-state index contributed by atoms with van der Waals surface area (Å²) in [6, 6.07) is 2.81. The molecule has 0 aliphatic rings. The first-order valence-corrected chi connectivity index (χ1v) is 11.7. The van der Waals surface area contributed by atoms with E-state index in [9.17, 15) is 17.6 Å². The number of hydrogen-bond acceptors (Lipinski definition) is 6. The van der Waals surface area contributed by atoms with Crippen molar-refractivity contribution in [2.75, 3.05) is 0 Å². The van der Waals surface area contributed by atoms with Crippen LogP contribution in [0.2, 0.25) is 0 Å². The molecule has 29 heavy (non-hydrogen) atoms. The highest BCUT2D eigenvalue weighted by atomic mass is 32.2. The van der Waals surface area contributed by atoms with E-state index in [4.69, 9.17) is 5.73 Å². The summed E-state index contributed by atoms with van der Waals surface area (Å²) in [6.07, 6.45) is 1.23. The molecule has 9 heteroatoms. The van der Waals surface area contributed by atoms with Crippen LogP contribution in [0.3, 0.4) is 0 Å². The normalized spacial score (nSPS) is 12.6. The highest BCUT2D eigenvalue weighted by molar-refractivity contribution is 7.92. The van der Waals surface area contributed by atoms with Crippen molar-refractivity contribution in [1.29, 1.82) is 0 Å². The van der Waals surface area contributed by atoms with E-state index < -0.39 is 21.5 Å². The first-order chi connectivity index (χ1) is 13.2. The van der Waals surface area contributed by atoms with Crippen LogP contribution < -0.4 is 10.5 Å². The molecular weight excluding hydrogens is 413 g/mol. The number of hydrogen-bond donors (Lipinski definition) is 2. The Hall–Kier alpha value is -1.84. The van der Waals surface area contributed by atoms with Gasteiger partial charge in [-0.3, -0.25) is 4.79 Å². The molecule has 0 saturated heterocycles. The quantitative estimate of drug-likeness (QED) is 0.681. The summed E-state index contributed by atoms with van der Waals surface area (Å²) >= 11 is 0.925. The number of halogens is 1. The fourth-order valence-electron chi connectivity index (χ4n) is 2.98. The molecule has 2 aromatic rings. The van der Waals surface area contributed by atoms with Crippen LogP contribution >= 0.6 is 11.3 Å². The number of amides is 1. The highest BCUT2D eigenvalue weighted by Crippen LogP contribution is 2.30. The van der Waals surface area contributed by atoms with Gasteiger partial charge in [-0.1, -0.05) is 27.7 Å². The van der Waals surface area contributed by atoms with E-state index in [1.54, 1.807) is 13.8 Å². The summed E-state index contributed by atoms with van der Waals surface area (Å²) in [5.41, 5.74) is 7.30. The summed E-state index contributed by atoms with van der Waals surface area (Å²) in [4.78, 5) is 17.1. The average Bonchev–Trinajstić information content (AvgIpc) is 3.06. The van der Waals surface area contributed by atoms with Crippen LogP contribution in [0.4, 0.5) is 4.39 Å². The Kier molecular flexibility index (Phi) is 6.86. The number of thiazole rings is 1. The zero-order chi connectivity index (χ0) is 22.1. The number of sulfonamides is 1. The van der Waals surface area contributed by atoms with Gasteiger partial charge in [0.1, 0.15) is 5.82 Å². The fraction of sp³-hybridized carbons (Fsp3) is 0.500. The van der Waals surface area contributed by atoms with Crippen LogP contribution in [0.5, 0.6) is 0 Å². The van der Waals surface area contributed by atoms with Crippen LogP contribution in [0.25, 0.3) is 0 Å². The van der Waals surface area contributed by atoms with Gasteiger partial charge in [-0.2, -0.15) is 8.42 Å². The van der Waals surface area contributed by atoms with E-state index in [1.807, 2.05) is 27.7 Å². The van der Waals surface area contributed by atoms with E-state index in [0.29, 0.717) is 21.6 Å². The Morgan fingerprint density at radius 3 is 2.14 bits per heavy atom. The lowest BCUT2D eigenvalue weighted by Gasteiger charge is -2.19. The van der Waals surface area contributed by atoms with Crippen LogP contribution in [-0.4, -0.2) is 19.3 Å². The molecule has 0 atom stereocenters. The van der Waals surface area contributed by atoms with Gasteiger partial charge in [0.2, 0.25) is 10.2 Å². The zero-order valence-corrected chi connectivity index (χ0v) is 19.2. The van der Waals surface area contributed by atoms with Crippen molar-refractivity contribution in [2.45, 2.75) is 69.7 Å². The number of benzene rings is 1. The zero-order valence-electron chi connectivity index (χ0n) is 17.5. The molecule has 0 radical (unpaired) electrons. The second kappa shape index (κ2) is 8.49. The van der Waals surface area contributed by atoms with Gasteiger partial charge < -0.3 is 5.73 Å². The molecule has 0 aliphatic heterocycles. The first-order valence-electron chi connectivity index (χ1n) is 9.35. The number of nitrogens with two attached hydrogens (primary N) is 1. The van der Waals surface area contributed by atoms with Gasteiger partial charge in [-0.25, -0.2) is 14.1 Å². The molecular formula is C20H28FN3O3S2. The summed E-state index contributed by atoms with van der Waals surface area (Å²) in [5, 5.41) is 0. The van der Waals surface area contributed by atoms with Crippen molar-refractivity contribution in [1.82, 2.24) is 9.71 Å². The smallest absolute Gasteiger partial charge is 0.291 e. The Morgan fingerprint density at radius 1 is 1.21 bits per heavy atom. The van der Waals surface area contributed by atoms with Gasteiger partial charge in [0.25, 0.3) is 10.0 Å². The van der Waals surface area contributed by atoms with Gasteiger partial charge >= 0.3 is 0 Å². The van der Waals surface area contributed by atoms with Crippen molar-refractivity contribution < 1.29 is 17.6 Å². The largest absolute Gasteiger partial charge is 0.321 e. The van der Waals surface area contributed by atoms with Crippen LogP contribution in [0.15, 0.2) is 22.7 Å². The number of nitrogens with one attached hydrogen (secondary N) is 1. The van der Waals surface area contributed by atoms with Crippen molar-refractivity contribution in [3.8, 4) is 0 Å². The van der Waals surface area contributed by atoms with Gasteiger partial charge in [0.05, 0.1) is 6.42 Å². The third kappa shape index (κ3) is 5.61. The molecule has 2 rings (SSSR count). The molecule has 1 amide bonds. The number of nitrogens with zero attached hydrogens (tertiary/aromatic N) is 1. The van der Waals surface area contributed by atoms with Crippen molar-refractivity contribution in [3.63, 3.8) is 0 Å². The van der Waals surface area contributed by atoms with E-state index in [2.05, 4.69) is 9.71 Å². The lowest BCUT2D eigenvalue weighted by molar-refractivity contribution is -0.118. The first kappa shape index (κ1) is 23.4. The Balaban J connectivity index is 2.32. The maximum absolute atomic E-state index is 14.0. The lowest BCUT2D eigenvalue weighted by Crippen LogP contribution is -2.32. The lowest BCUT2D eigenvalue weighted by atomic mass is 9.87. The van der Waals surface area contributed by atoms with E-state index >= 15 is 0 Å². The third-order valence-corrected chi connectivity index (χ3v) is 7.56. The molecule has 1 aromatic carbocycles. The molecule has 1 aromatic heterocycles. The Labute approximate surface area is 175 Å². The minimum atomic E-state index is -4.12. The predicted octanol–water partition coefficient (Wildman–Crippen LogP) is 3.77. The van der Waals surface area contributed by atoms with Crippen molar-refractivity contribution in [3.05, 3.63) is 45.7 Å². The number of rotatable bonds is 7. The summed E-state index contributed by atoms with van der Waals surface area (Å²) in [5.74, 6) is -1.09. The van der Waals surface area contributed by atoms with Crippen LogP contribution in [0.1, 0.15) is 74.9 Å². The predicted molar refractivity (Wildman–Crippen MR) is 113 cm³/mol. The van der Waals surface area contributed by atoms with Gasteiger partial charge in [0.15, 0.2) is 0 Å². The molecule has 0 saturated carbocycles. The maximum atomic E-state index is 14.0. The van der Waals surface area contributed by atoms with Gasteiger partial charge in [-0.15, -0.1) is 11.3 Å². The second-order valence-corrected chi connectivity index (χ2v) is 11.2. The minimum absolute atomic E-state index is 0.0177. The molecule has 6 nitrogen and oxygen atoms in total. The van der Waals surface area contributed by atoms with Crippen molar-refractivity contribution >= 4 is 27.3 Å². The molecule has 0 bridgehead atoms. The summed E-state index contributed by atoms with van der Waals surface area (Å²) in [6.45, 7) is 11.1. The van der Waals surface area contributed by atoms with E-state index in [1.165, 1.54) is 18.3 Å². The van der Waals surface area contributed by atoms with Gasteiger partial charge in [-0.05, 0) is 54.5 Å². The number of aromatic nitrogens is 1. The monoisotopic (exact) mass is 441 g/mol. The minimum Gasteiger partial charge on any atom is -0.321 e. The molecule has 0 unspecified atom stereocenters. The van der Waals surface area contributed by atoms with Crippen molar-refractivity contribution in [2.24, 2.45) is 5.73 Å². The average molecular weight is 442 g/mol. The molecule has 0 fully saturated rings. The summed E-state index contributed by atoms with van der Waals surface area (Å²) < 4.78 is 41.1. The molecule has 0 spiro atoms. The Morgan fingerprint density at radius 2 is 1.72 bits per heavy atom.